The number of hydrogen-bond acceptors (Lipinski definition) is 5. The summed E-state index contributed by atoms with van der Waals surface area (Å²) in [7, 11) is 0. The summed E-state index contributed by atoms with van der Waals surface area (Å²) in [5, 5.41) is 3.00. The number of carbonyl (C=O) groups is 1. The summed E-state index contributed by atoms with van der Waals surface area (Å²) in [6, 6.07) is 11.0. The number of nitrogens with two attached hydrogens (primary N) is 2. The van der Waals surface area contributed by atoms with Crippen LogP contribution in [-0.2, 0) is 0 Å². The Morgan fingerprint density at radius 3 is 2.75 bits per heavy atom. The van der Waals surface area contributed by atoms with Gasteiger partial charge in [0, 0.05) is 0 Å². The van der Waals surface area contributed by atoms with E-state index in [9.17, 15) is 4.79 Å². The standard InChI is InChI=1S/C14H16N4O2/c15-10-8-12(13(16)19)14(18-9-10)17-6-7-20-11-4-2-1-3-5-11/h1-5,8-9H,6-7,15H2,(H2,16,19)(H,17,18). The van der Waals surface area contributed by atoms with E-state index in [1.807, 2.05) is 30.3 Å². The molecule has 6 heteroatoms. The fourth-order valence-corrected chi connectivity index (χ4v) is 1.66. The molecule has 0 aliphatic carbocycles. The van der Waals surface area contributed by atoms with Crippen LogP contribution in [0.4, 0.5) is 11.5 Å². The fraction of sp³-hybridized carbons (Fsp3) is 0.143. The summed E-state index contributed by atoms with van der Waals surface area (Å²) < 4.78 is 5.52. The number of anilines is 2. The molecule has 1 aromatic carbocycles. The first-order valence-corrected chi connectivity index (χ1v) is 6.14. The van der Waals surface area contributed by atoms with Gasteiger partial charge in [0.05, 0.1) is 24.0 Å². The first kappa shape index (κ1) is 13.7. The van der Waals surface area contributed by atoms with Crippen LogP contribution in [0.25, 0.3) is 0 Å². The van der Waals surface area contributed by atoms with Crippen LogP contribution in [-0.4, -0.2) is 24.0 Å². The van der Waals surface area contributed by atoms with Crippen molar-refractivity contribution < 1.29 is 9.53 Å². The van der Waals surface area contributed by atoms with Crippen LogP contribution in [0.15, 0.2) is 42.6 Å². The minimum atomic E-state index is -0.573. The maximum absolute atomic E-state index is 11.3. The lowest BCUT2D eigenvalue weighted by molar-refractivity contribution is 0.100. The quantitative estimate of drug-likeness (QED) is 0.687. The molecule has 0 aliphatic heterocycles. The second kappa shape index (κ2) is 6.42. The van der Waals surface area contributed by atoms with Gasteiger partial charge in [0.25, 0.3) is 5.91 Å². The van der Waals surface area contributed by atoms with E-state index in [0.717, 1.165) is 5.75 Å². The summed E-state index contributed by atoms with van der Waals surface area (Å²) in [5.41, 5.74) is 11.5. The van der Waals surface area contributed by atoms with Crippen molar-refractivity contribution >= 4 is 17.4 Å². The number of nitrogens with one attached hydrogen (secondary N) is 1. The molecule has 0 radical (unpaired) electrons. The van der Waals surface area contributed by atoms with E-state index in [0.29, 0.717) is 24.7 Å². The smallest absolute Gasteiger partial charge is 0.252 e. The fourth-order valence-electron chi connectivity index (χ4n) is 1.66. The Labute approximate surface area is 116 Å². The molecule has 2 rings (SSSR count). The minimum Gasteiger partial charge on any atom is -0.492 e. The molecule has 0 aliphatic rings. The number of aromatic nitrogens is 1. The second-order valence-electron chi connectivity index (χ2n) is 4.12. The van der Waals surface area contributed by atoms with Crippen molar-refractivity contribution in [3.8, 4) is 5.75 Å². The molecule has 1 amide bonds. The Hall–Kier alpha value is -2.76. The van der Waals surface area contributed by atoms with Gasteiger partial charge in [-0.1, -0.05) is 18.2 Å². The molecule has 0 atom stereocenters. The van der Waals surface area contributed by atoms with Crippen LogP contribution in [0.1, 0.15) is 10.4 Å². The zero-order valence-electron chi connectivity index (χ0n) is 10.9. The summed E-state index contributed by atoms with van der Waals surface area (Å²) in [5.74, 6) is 0.620. The third-order valence-corrected chi connectivity index (χ3v) is 2.58. The highest BCUT2D eigenvalue weighted by Crippen LogP contribution is 2.14. The van der Waals surface area contributed by atoms with Crippen molar-refractivity contribution in [1.29, 1.82) is 0 Å². The van der Waals surface area contributed by atoms with E-state index in [1.54, 1.807) is 0 Å². The Morgan fingerprint density at radius 2 is 2.05 bits per heavy atom. The molecule has 1 heterocycles. The minimum absolute atomic E-state index is 0.268. The van der Waals surface area contributed by atoms with Crippen molar-refractivity contribution in [3.05, 3.63) is 48.2 Å². The zero-order valence-corrected chi connectivity index (χ0v) is 10.9. The monoisotopic (exact) mass is 272 g/mol. The van der Waals surface area contributed by atoms with Gasteiger partial charge in [0.1, 0.15) is 18.2 Å². The van der Waals surface area contributed by atoms with E-state index >= 15 is 0 Å². The molecule has 0 unspecified atom stereocenters. The van der Waals surface area contributed by atoms with Gasteiger partial charge in [0.2, 0.25) is 0 Å². The van der Waals surface area contributed by atoms with Gasteiger partial charge in [-0.05, 0) is 18.2 Å². The highest BCUT2D eigenvalue weighted by atomic mass is 16.5. The van der Waals surface area contributed by atoms with Gasteiger partial charge in [-0.15, -0.1) is 0 Å². The molecule has 0 saturated heterocycles. The number of ether oxygens (including phenoxy) is 1. The summed E-state index contributed by atoms with van der Waals surface area (Å²) in [6.07, 6.45) is 1.47. The molecule has 1 aromatic heterocycles. The number of hydrogen-bond donors (Lipinski definition) is 3. The molecule has 104 valence electrons. The topological polar surface area (TPSA) is 103 Å². The Kier molecular flexibility index (Phi) is 4.39. The maximum atomic E-state index is 11.3. The Balaban J connectivity index is 1.90. The zero-order chi connectivity index (χ0) is 14.4. The van der Waals surface area contributed by atoms with Gasteiger partial charge in [0.15, 0.2) is 0 Å². The molecule has 0 fully saturated rings. The van der Waals surface area contributed by atoms with Crippen molar-refractivity contribution in [2.75, 3.05) is 24.2 Å². The van der Waals surface area contributed by atoms with Crippen LogP contribution in [0, 0.1) is 0 Å². The van der Waals surface area contributed by atoms with Gasteiger partial charge in [-0.25, -0.2) is 4.98 Å². The third kappa shape index (κ3) is 3.61. The molecule has 2 aromatic rings. The van der Waals surface area contributed by atoms with Gasteiger partial charge in [-0.2, -0.15) is 0 Å². The van der Waals surface area contributed by atoms with E-state index in [2.05, 4.69) is 10.3 Å². The lowest BCUT2D eigenvalue weighted by atomic mass is 10.2. The molecule has 0 saturated carbocycles. The average Bonchev–Trinajstić information content (AvgIpc) is 2.45. The lowest BCUT2D eigenvalue weighted by Crippen LogP contribution is -2.18. The maximum Gasteiger partial charge on any atom is 0.252 e. The number of benzene rings is 1. The number of pyridine rings is 1. The van der Waals surface area contributed by atoms with Crippen LogP contribution in [0.3, 0.4) is 0 Å². The normalized spacial score (nSPS) is 10.0. The number of para-hydroxylation sites is 1. The Bertz CT molecular complexity index is 587. The second-order valence-corrected chi connectivity index (χ2v) is 4.12. The SMILES string of the molecule is NC(=O)c1cc(N)cnc1NCCOc1ccccc1. The number of carbonyl (C=O) groups excluding carboxylic acids is 1. The van der Waals surface area contributed by atoms with Crippen LogP contribution < -0.4 is 21.5 Å². The van der Waals surface area contributed by atoms with E-state index in [1.165, 1.54) is 12.3 Å². The number of nitrogen functional groups attached to an aromatic ring is 1. The number of rotatable bonds is 6. The number of amides is 1. The summed E-state index contributed by atoms with van der Waals surface area (Å²) in [4.78, 5) is 15.3. The highest BCUT2D eigenvalue weighted by Gasteiger charge is 2.09. The summed E-state index contributed by atoms with van der Waals surface area (Å²) >= 11 is 0. The first-order valence-electron chi connectivity index (χ1n) is 6.14. The van der Waals surface area contributed by atoms with Crippen molar-refractivity contribution in [1.82, 2.24) is 4.98 Å². The molecule has 0 spiro atoms. The molecule has 20 heavy (non-hydrogen) atoms. The third-order valence-electron chi connectivity index (χ3n) is 2.58. The van der Waals surface area contributed by atoms with Crippen molar-refractivity contribution in [2.24, 2.45) is 5.73 Å². The van der Waals surface area contributed by atoms with Crippen molar-refractivity contribution in [2.45, 2.75) is 0 Å². The largest absolute Gasteiger partial charge is 0.492 e. The number of nitrogens with zero attached hydrogens (tertiary/aromatic N) is 1. The van der Waals surface area contributed by atoms with E-state index < -0.39 is 5.91 Å². The van der Waals surface area contributed by atoms with Gasteiger partial charge < -0.3 is 21.5 Å². The first-order chi connectivity index (χ1) is 9.66. The van der Waals surface area contributed by atoms with Crippen molar-refractivity contribution in [3.63, 3.8) is 0 Å². The predicted octanol–water partition coefficient (Wildman–Crippen LogP) is 1.25. The summed E-state index contributed by atoms with van der Waals surface area (Å²) in [6.45, 7) is 0.931. The lowest BCUT2D eigenvalue weighted by Gasteiger charge is -2.10. The van der Waals surface area contributed by atoms with Crippen LogP contribution in [0.5, 0.6) is 5.75 Å². The van der Waals surface area contributed by atoms with Crippen LogP contribution in [0.2, 0.25) is 0 Å². The van der Waals surface area contributed by atoms with E-state index in [4.69, 9.17) is 16.2 Å². The van der Waals surface area contributed by atoms with Gasteiger partial charge >= 0.3 is 0 Å². The molecular formula is C14H16N4O2. The van der Waals surface area contributed by atoms with Crippen LogP contribution >= 0.6 is 0 Å². The van der Waals surface area contributed by atoms with Gasteiger partial charge in [-0.3, -0.25) is 4.79 Å². The Morgan fingerprint density at radius 1 is 1.30 bits per heavy atom. The molecule has 6 nitrogen and oxygen atoms in total. The highest BCUT2D eigenvalue weighted by molar-refractivity contribution is 5.98. The molecule has 0 bridgehead atoms. The number of primary amides is 1. The predicted molar refractivity (Wildman–Crippen MR) is 77.6 cm³/mol. The van der Waals surface area contributed by atoms with E-state index in [-0.39, 0.29) is 5.56 Å². The average molecular weight is 272 g/mol. The molecular weight excluding hydrogens is 256 g/mol. The molecule has 5 N–H and O–H groups in total.